The fraction of sp³-hybridized carbons (Fsp3) is 0.345. The quantitative estimate of drug-likeness (QED) is 0.304. The summed E-state index contributed by atoms with van der Waals surface area (Å²) in [6, 6.07) is 18.7. The van der Waals surface area contributed by atoms with E-state index in [0.29, 0.717) is 0 Å². The third-order valence-electron chi connectivity index (χ3n) is 6.92. The van der Waals surface area contributed by atoms with Gasteiger partial charge in [0.25, 0.3) is 0 Å². The van der Waals surface area contributed by atoms with Gasteiger partial charge in [-0.25, -0.2) is 9.97 Å². The normalized spacial score (nSPS) is 18.1. The van der Waals surface area contributed by atoms with Gasteiger partial charge in [-0.1, -0.05) is 24.3 Å². The Hall–Kier alpha value is -3.51. The van der Waals surface area contributed by atoms with E-state index >= 15 is 0 Å². The second-order valence-electron chi connectivity index (χ2n) is 10.3. The summed E-state index contributed by atoms with van der Waals surface area (Å²) in [5.41, 5.74) is 6.04. The average molecular weight is 468 g/mol. The highest BCUT2D eigenvalue weighted by Crippen LogP contribution is 2.38. The number of anilines is 3. The highest BCUT2D eigenvalue weighted by molar-refractivity contribution is 5.85. The van der Waals surface area contributed by atoms with Crippen LogP contribution in [0, 0.1) is 19.8 Å². The molecule has 1 aromatic carbocycles. The molecule has 3 N–H and O–H groups in total. The molecule has 2 unspecified atom stereocenters. The van der Waals surface area contributed by atoms with Gasteiger partial charge in [-0.05, 0) is 77.1 Å². The van der Waals surface area contributed by atoms with Gasteiger partial charge in [0.2, 0.25) is 0 Å². The van der Waals surface area contributed by atoms with Crippen LogP contribution in [0.1, 0.15) is 44.5 Å². The summed E-state index contributed by atoms with van der Waals surface area (Å²) in [4.78, 5) is 14.1. The van der Waals surface area contributed by atoms with Crippen LogP contribution in [-0.2, 0) is 0 Å². The Labute approximate surface area is 206 Å². The zero-order valence-corrected chi connectivity index (χ0v) is 20.8. The molecule has 1 saturated carbocycles. The number of para-hydroxylation sites is 1. The number of aryl methyl sites for hydroxylation is 2. The Morgan fingerprint density at radius 3 is 2.46 bits per heavy atom. The first kappa shape index (κ1) is 23.2. The van der Waals surface area contributed by atoms with E-state index in [1.165, 1.54) is 0 Å². The highest BCUT2D eigenvalue weighted by Gasteiger charge is 2.34. The van der Waals surface area contributed by atoms with E-state index < -0.39 is 5.60 Å². The summed E-state index contributed by atoms with van der Waals surface area (Å²) in [7, 11) is 0. The monoisotopic (exact) mass is 467 g/mol. The predicted octanol–water partition coefficient (Wildman–Crippen LogP) is 6.40. The molecule has 4 aromatic rings. The molecule has 3 heterocycles. The first-order valence-electron chi connectivity index (χ1n) is 12.3. The van der Waals surface area contributed by atoms with Crippen molar-refractivity contribution in [2.45, 2.75) is 58.6 Å². The molecule has 0 amide bonds. The first-order valence-corrected chi connectivity index (χ1v) is 12.3. The van der Waals surface area contributed by atoms with Crippen molar-refractivity contribution < 1.29 is 5.11 Å². The van der Waals surface area contributed by atoms with Crippen molar-refractivity contribution in [3.63, 3.8) is 0 Å². The number of aromatic nitrogens is 3. The molecule has 0 bridgehead atoms. The van der Waals surface area contributed by atoms with Gasteiger partial charge in [-0.2, -0.15) is 0 Å². The summed E-state index contributed by atoms with van der Waals surface area (Å²) < 4.78 is 0. The topological polar surface area (TPSA) is 83.0 Å². The molecule has 0 spiro atoms. The lowest BCUT2D eigenvalue weighted by Crippen LogP contribution is -2.30. The van der Waals surface area contributed by atoms with Crippen LogP contribution in [-0.4, -0.2) is 31.7 Å². The van der Waals surface area contributed by atoms with Crippen molar-refractivity contribution in [3.05, 3.63) is 72.2 Å². The Morgan fingerprint density at radius 1 is 0.943 bits per heavy atom. The van der Waals surface area contributed by atoms with Crippen molar-refractivity contribution in [1.29, 1.82) is 0 Å². The van der Waals surface area contributed by atoms with Gasteiger partial charge >= 0.3 is 0 Å². The highest BCUT2D eigenvalue weighted by atomic mass is 16.3. The van der Waals surface area contributed by atoms with Gasteiger partial charge < -0.3 is 15.7 Å². The molecule has 6 heteroatoms. The van der Waals surface area contributed by atoms with E-state index in [1.807, 2.05) is 64.2 Å². The van der Waals surface area contributed by atoms with Gasteiger partial charge in [-0.15, -0.1) is 0 Å². The molecule has 0 aliphatic heterocycles. The molecule has 2 atom stereocenters. The summed E-state index contributed by atoms with van der Waals surface area (Å²) in [6.45, 7) is 7.81. The van der Waals surface area contributed by atoms with E-state index in [4.69, 9.17) is 9.97 Å². The Balaban J connectivity index is 1.50. The van der Waals surface area contributed by atoms with E-state index in [2.05, 4.69) is 39.9 Å². The number of fused-ring (bicyclic) bond motifs is 1. The van der Waals surface area contributed by atoms with Crippen LogP contribution < -0.4 is 10.6 Å². The zero-order chi connectivity index (χ0) is 24.6. The van der Waals surface area contributed by atoms with Crippen molar-refractivity contribution >= 4 is 28.1 Å². The summed E-state index contributed by atoms with van der Waals surface area (Å²) >= 11 is 0. The van der Waals surface area contributed by atoms with Crippen LogP contribution in [0.3, 0.4) is 0 Å². The molecular formula is C29H33N5O. The molecule has 1 aliphatic carbocycles. The van der Waals surface area contributed by atoms with E-state index in [9.17, 15) is 5.11 Å². The minimum absolute atomic E-state index is 0.282. The number of benzene rings is 1. The van der Waals surface area contributed by atoms with E-state index in [-0.39, 0.29) is 12.0 Å². The Bertz CT molecular complexity index is 1340. The number of pyridine rings is 3. The van der Waals surface area contributed by atoms with Gasteiger partial charge in [0.05, 0.1) is 16.8 Å². The SMILES string of the molecule is Cc1cc(Nc2cc(NC3CCC(C(C)(C)O)C3)c(-c3ccc4ccccc4n3)cn2)cc(C)n1. The number of hydrogen-bond acceptors (Lipinski definition) is 6. The second kappa shape index (κ2) is 9.27. The van der Waals surface area contributed by atoms with Crippen LogP contribution >= 0.6 is 0 Å². The molecule has 3 aromatic heterocycles. The Kier molecular flexibility index (Phi) is 6.15. The molecule has 1 aliphatic rings. The number of rotatable bonds is 6. The zero-order valence-electron chi connectivity index (χ0n) is 20.8. The van der Waals surface area contributed by atoms with Gasteiger partial charge in [0.1, 0.15) is 5.82 Å². The van der Waals surface area contributed by atoms with Crippen molar-refractivity contribution in [2.24, 2.45) is 5.92 Å². The summed E-state index contributed by atoms with van der Waals surface area (Å²) in [5.74, 6) is 1.04. The third kappa shape index (κ3) is 5.28. The Morgan fingerprint density at radius 2 is 1.71 bits per heavy atom. The van der Waals surface area contributed by atoms with E-state index in [0.717, 1.165) is 70.0 Å². The standard InChI is InChI=1S/C29H33N5O/c1-18-13-23(14-19(2)31-18)33-28-16-27(32-22-11-10-21(15-22)29(3,4)35)24(17-30-28)26-12-9-20-7-5-6-8-25(20)34-26/h5-9,12-14,16-17,21-22,35H,10-11,15H2,1-4H3,(H2,30,31,32,33). The maximum atomic E-state index is 10.5. The first-order chi connectivity index (χ1) is 16.7. The number of hydrogen-bond donors (Lipinski definition) is 3. The largest absolute Gasteiger partial charge is 0.390 e. The molecule has 35 heavy (non-hydrogen) atoms. The molecule has 180 valence electrons. The van der Waals surface area contributed by atoms with Crippen LogP contribution in [0.5, 0.6) is 0 Å². The lowest BCUT2D eigenvalue weighted by molar-refractivity contribution is 0.0197. The smallest absolute Gasteiger partial charge is 0.132 e. The van der Waals surface area contributed by atoms with Crippen LogP contribution in [0.4, 0.5) is 17.2 Å². The average Bonchev–Trinajstić information content (AvgIpc) is 3.27. The molecule has 0 radical (unpaired) electrons. The number of nitrogens with one attached hydrogen (secondary N) is 2. The van der Waals surface area contributed by atoms with Crippen molar-refractivity contribution in [1.82, 2.24) is 15.0 Å². The van der Waals surface area contributed by atoms with Gasteiger partial charge in [0, 0.05) is 52.0 Å². The van der Waals surface area contributed by atoms with Crippen LogP contribution in [0.2, 0.25) is 0 Å². The predicted molar refractivity (Wildman–Crippen MR) is 143 cm³/mol. The van der Waals surface area contributed by atoms with Crippen molar-refractivity contribution in [3.8, 4) is 11.3 Å². The minimum Gasteiger partial charge on any atom is -0.390 e. The lowest BCUT2D eigenvalue weighted by atomic mass is 9.89. The minimum atomic E-state index is -0.665. The maximum absolute atomic E-state index is 10.5. The molecule has 0 saturated heterocycles. The van der Waals surface area contributed by atoms with Gasteiger partial charge in [0.15, 0.2) is 0 Å². The van der Waals surface area contributed by atoms with Gasteiger partial charge in [-0.3, -0.25) is 4.98 Å². The third-order valence-corrected chi connectivity index (χ3v) is 6.92. The van der Waals surface area contributed by atoms with E-state index in [1.54, 1.807) is 0 Å². The molecular weight excluding hydrogens is 434 g/mol. The van der Waals surface area contributed by atoms with Crippen molar-refractivity contribution in [2.75, 3.05) is 10.6 Å². The fourth-order valence-corrected chi connectivity index (χ4v) is 5.09. The molecule has 5 rings (SSSR count). The summed E-state index contributed by atoms with van der Waals surface area (Å²) in [6.07, 6.45) is 4.86. The number of aliphatic hydroxyl groups is 1. The lowest BCUT2D eigenvalue weighted by Gasteiger charge is -2.26. The second-order valence-corrected chi connectivity index (χ2v) is 10.3. The van der Waals surface area contributed by atoms with Crippen LogP contribution in [0.15, 0.2) is 60.8 Å². The maximum Gasteiger partial charge on any atom is 0.132 e. The number of nitrogens with zero attached hydrogens (tertiary/aromatic N) is 3. The summed E-state index contributed by atoms with van der Waals surface area (Å²) in [5, 5.41) is 18.8. The van der Waals surface area contributed by atoms with Crippen LogP contribution in [0.25, 0.3) is 22.2 Å². The molecule has 6 nitrogen and oxygen atoms in total. The fourth-order valence-electron chi connectivity index (χ4n) is 5.09. The molecule has 1 fully saturated rings.